The number of carbonyl (C=O) groups excluding carboxylic acids is 1. The lowest BCUT2D eigenvalue weighted by atomic mass is 10.1. The van der Waals surface area contributed by atoms with Crippen LogP contribution in [-0.4, -0.2) is 12.0 Å². The van der Waals surface area contributed by atoms with Gasteiger partial charge in [-0.05, 0) is 23.6 Å². The normalized spacial score (nSPS) is 11.9. The van der Waals surface area contributed by atoms with Crippen molar-refractivity contribution in [2.24, 2.45) is 5.73 Å². The Morgan fingerprint density at radius 2 is 1.75 bits per heavy atom. The van der Waals surface area contributed by atoms with Gasteiger partial charge in [0.2, 0.25) is 0 Å². The molecule has 0 aromatic heterocycles. The average molecular weight is 334 g/mol. The Labute approximate surface area is 126 Å². The van der Waals surface area contributed by atoms with E-state index in [4.69, 9.17) is 10.5 Å². The Bertz CT molecular complexity index is 572. The first kappa shape index (κ1) is 14.8. The van der Waals surface area contributed by atoms with E-state index in [1.165, 1.54) is 0 Å². The minimum absolute atomic E-state index is 0.253. The number of esters is 1. The van der Waals surface area contributed by atoms with E-state index in [0.717, 1.165) is 15.6 Å². The number of carbonyl (C=O) groups is 1. The summed E-state index contributed by atoms with van der Waals surface area (Å²) < 4.78 is 6.17. The van der Waals surface area contributed by atoms with Crippen LogP contribution in [0.3, 0.4) is 0 Å². The zero-order chi connectivity index (χ0) is 14.4. The van der Waals surface area contributed by atoms with Gasteiger partial charge in [0.1, 0.15) is 12.6 Å². The molecular formula is C16H16BrNO2. The number of halogens is 1. The third-order valence-corrected chi connectivity index (χ3v) is 3.70. The van der Waals surface area contributed by atoms with Crippen LogP contribution in [0, 0.1) is 0 Å². The minimum Gasteiger partial charge on any atom is -0.460 e. The predicted octanol–water partition coefficient (Wildman–Crippen LogP) is 3.06. The lowest BCUT2D eigenvalue weighted by molar-refractivity contribution is -0.146. The molecule has 0 amide bonds. The second-order valence-electron chi connectivity index (χ2n) is 4.50. The van der Waals surface area contributed by atoms with Gasteiger partial charge in [0.25, 0.3) is 0 Å². The first-order valence-electron chi connectivity index (χ1n) is 6.36. The molecule has 20 heavy (non-hydrogen) atoms. The largest absolute Gasteiger partial charge is 0.460 e. The van der Waals surface area contributed by atoms with E-state index in [9.17, 15) is 4.79 Å². The molecule has 0 saturated carbocycles. The van der Waals surface area contributed by atoms with Crippen LogP contribution in [-0.2, 0) is 22.6 Å². The van der Waals surface area contributed by atoms with E-state index in [-0.39, 0.29) is 12.6 Å². The highest BCUT2D eigenvalue weighted by Crippen LogP contribution is 2.17. The highest BCUT2D eigenvalue weighted by Gasteiger charge is 2.16. The van der Waals surface area contributed by atoms with Crippen LogP contribution in [0.2, 0.25) is 0 Å². The summed E-state index contributed by atoms with van der Waals surface area (Å²) >= 11 is 3.44. The molecule has 0 aliphatic rings. The summed E-state index contributed by atoms with van der Waals surface area (Å²) in [6.45, 7) is 0.253. The van der Waals surface area contributed by atoms with Crippen molar-refractivity contribution >= 4 is 21.9 Å². The summed E-state index contributed by atoms with van der Waals surface area (Å²) in [7, 11) is 0. The highest BCUT2D eigenvalue weighted by molar-refractivity contribution is 9.10. The zero-order valence-corrected chi connectivity index (χ0v) is 12.5. The van der Waals surface area contributed by atoms with Crippen LogP contribution in [0.5, 0.6) is 0 Å². The maximum absolute atomic E-state index is 11.9. The molecule has 0 aliphatic carbocycles. The van der Waals surface area contributed by atoms with E-state index in [0.29, 0.717) is 6.42 Å². The SMILES string of the molecule is NC(Cc1ccccc1Br)C(=O)OCc1ccccc1. The molecule has 0 saturated heterocycles. The van der Waals surface area contributed by atoms with Gasteiger partial charge in [-0.15, -0.1) is 0 Å². The molecule has 0 heterocycles. The standard InChI is InChI=1S/C16H16BrNO2/c17-14-9-5-4-8-13(14)10-15(18)16(19)20-11-12-6-2-1-3-7-12/h1-9,15H,10-11,18H2. The van der Waals surface area contributed by atoms with Gasteiger partial charge in [-0.25, -0.2) is 0 Å². The fraction of sp³-hybridized carbons (Fsp3) is 0.188. The van der Waals surface area contributed by atoms with E-state index in [1.54, 1.807) is 0 Å². The maximum atomic E-state index is 11.9. The molecule has 2 rings (SSSR count). The van der Waals surface area contributed by atoms with Gasteiger partial charge in [0, 0.05) is 4.47 Å². The summed E-state index contributed by atoms with van der Waals surface area (Å²) in [5.74, 6) is -0.385. The van der Waals surface area contributed by atoms with Crippen LogP contribution >= 0.6 is 15.9 Å². The van der Waals surface area contributed by atoms with Gasteiger partial charge in [-0.1, -0.05) is 64.5 Å². The molecule has 2 aromatic rings. The zero-order valence-electron chi connectivity index (χ0n) is 11.0. The number of hydrogen-bond acceptors (Lipinski definition) is 3. The number of ether oxygens (including phenoxy) is 1. The molecule has 0 radical (unpaired) electrons. The van der Waals surface area contributed by atoms with E-state index in [1.807, 2.05) is 54.6 Å². The smallest absolute Gasteiger partial charge is 0.323 e. The first-order valence-corrected chi connectivity index (χ1v) is 7.15. The number of rotatable bonds is 5. The van der Waals surface area contributed by atoms with Crippen LogP contribution < -0.4 is 5.73 Å². The van der Waals surface area contributed by atoms with E-state index >= 15 is 0 Å². The third kappa shape index (κ3) is 4.18. The van der Waals surface area contributed by atoms with Gasteiger partial charge in [-0.2, -0.15) is 0 Å². The Hall–Kier alpha value is -1.65. The number of nitrogens with two attached hydrogens (primary N) is 1. The molecule has 1 atom stereocenters. The quantitative estimate of drug-likeness (QED) is 0.855. The molecule has 0 bridgehead atoms. The van der Waals surface area contributed by atoms with E-state index < -0.39 is 6.04 Å². The molecule has 2 aromatic carbocycles. The first-order chi connectivity index (χ1) is 9.66. The van der Waals surface area contributed by atoms with Gasteiger partial charge >= 0.3 is 5.97 Å². The van der Waals surface area contributed by atoms with Crippen LogP contribution in [0.1, 0.15) is 11.1 Å². The highest BCUT2D eigenvalue weighted by atomic mass is 79.9. The van der Waals surface area contributed by atoms with Crippen molar-refractivity contribution in [1.82, 2.24) is 0 Å². The fourth-order valence-electron chi connectivity index (χ4n) is 1.82. The Kier molecular flexibility index (Phi) is 5.32. The monoisotopic (exact) mass is 333 g/mol. The summed E-state index contributed by atoms with van der Waals surface area (Å²) in [4.78, 5) is 11.9. The molecule has 3 nitrogen and oxygen atoms in total. The Morgan fingerprint density at radius 3 is 2.45 bits per heavy atom. The average Bonchev–Trinajstić information content (AvgIpc) is 2.48. The van der Waals surface area contributed by atoms with Crippen LogP contribution in [0.25, 0.3) is 0 Å². The Balaban J connectivity index is 1.88. The number of hydrogen-bond donors (Lipinski definition) is 1. The molecule has 104 valence electrons. The van der Waals surface area contributed by atoms with Gasteiger partial charge in [0.05, 0.1) is 0 Å². The van der Waals surface area contributed by atoms with E-state index in [2.05, 4.69) is 15.9 Å². The summed E-state index contributed by atoms with van der Waals surface area (Å²) in [5.41, 5.74) is 7.84. The van der Waals surface area contributed by atoms with Crippen molar-refractivity contribution < 1.29 is 9.53 Å². The topological polar surface area (TPSA) is 52.3 Å². The number of benzene rings is 2. The minimum atomic E-state index is -0.655. The molecule has 1 unspecified atom stereocenters. The van der Waals surface area contributed by atoms with Crippen LogP contribution in [0.15, 0.2) is 59.1 Å². The molecule has 0 aliphatic heterocycles. The van der Waals surface area contributed by atoms with Gasteiger partial charge < -0.3 is 10.5 Å². The second kappa shape index (κ2) is 7.22. The molecule has 0 fully saturated rings. The van der Waals surface area contributed by atoms with Crippen molar-refractivity contribution in [3.8, 4) is 0 Å². The van der Waals surface area contributed by atoms with Crippen molar-refractivity contribution in [3.05, 3.63) is 70.2 Å². The summed E-state index contributed by atoms with van der Waals surface area (Å²) in [5, 5.41) is 0. The van der Waals surface area contributed by atoms with Crippen molar-refractivity contribution in [2.75, 3.05) is 0 Å². The lowest BCUT2D eigenvalue weighted by Gasteiger charge is -2.12. The second-order valence-corrected chi connectivity index (χ2v) is 5.35. The maximum Gasteiger partial charge on any atom is 0.323 e. The molecule has 4 heteroatoms. The Morgan fingerprint density at radius 1 is 1.10 bits per heavy atom. The molecule has 0 spiro atoms. The summed E-state index contributed by atoms with van der Waals surface area (Å²) in [6.07, 6.45) is 0.453. The van der Waals surface area contributed by atoms with Crippen LogP contribution in [0.4, 0.5) is 0 Å². The van der Waals surface area contributed by atoms with Crippen molar-refractivity contribution in [1.29, 1.82) is 0 Å². The lowest BCUT2D eigenvalue weighted by Crippen LogP contribution is -2.34. The predicted molar refractivity (Wildman–Crippen MR) is 82.1 cm³/mol. The molecule has 2 N–H and O–H groups in total. The van der Waals surface area contributed by atoms with Crippen molar-refractivity contribution in [3.63, 3.8) is 0 Å². The van der Waals surface area contributed by atoms with Gasteiger partial charge in [-0.3, -0.25) is 4.79 Å². The summed E-state index contributed by atoms with van der Waals surface area (Å²) in [6, 6.07) is 16.6. The molecular weight excluding hydrogens is 318 g/mol. The van der Waals surface area contributed by atoms with Crippen molar-refractivity contribution in [2.45, 2.75) is 19.1 Å². The fourth-order valence-corrected chi connectivity index (χ4v) is 2.27. The van der Waals surface area contributed by atoms with Gasteiger partial charge in [0.15, 0.2) is 0 Å². The third-order valence-electron chi connectivity index (χ3n) is 2.92.